The molecule has 1 atom stereocenters. The number of benzene rings is 1. The van der Waals surface area contributed by atoms with Crippen molar-refractivity contribution in [2.45, 2.75) is 44.2 Å². The minimum atomic E-state index is -1.30. The van der Waals surface area contributed by atoms with Crippen LogP contribution in [0.25, 0.3) is 10.9 Å². The number of pyridine rings is 1. The van der Waals surface area contributed by atoms with Crippen LogP contribution < -0.4 is 15.1 Å². The average molecular weight is 415 g/mol. The van der Waals surface area contributed by atoms with Crippen molar-refractivity contribution < 1.29 is 19.0 Å². The van der Waals surface area contributed by atoms with Gasteiger partial charge in [0.05, 0.1) is 18.0 Å². The van der Waals surface area contributed by atoms with Crippen LogP contribution in [0.2, 0.25) is 0 Å². The van der Waals surface area contributed by atoms with Gasteiger partial charge in [-0.3, -0.25) is 9.69 Å². The smallest absolute Gasteiger partial charge is 0.341 e. The van der Waals surface area contributed by atoms with Gasteiger partial charge < -0.3 is 19.3 Å². The fraction of sp³-hybridized carbons (Fsp3) is 0.545. The normalized spacial score (nSPS) is 22.2. The molecule has 1 aromatic heterocycles. The molecule has 2 saturated heterocycles. The van der Waals surface area contributed by atoms with Crippen LogP contribution in [0.5, 0.6) is 5.75 Å². The lowest BCUT2D eigenvalue weighted by atomic mass is 9.98. The van der Waals surface area contributed by atoms with E-state index in [0.717, 1.165) is 38.9 Å². The van der Waals surface area contributed by atoms with Crippen molar-refractivity contribution in [3.05, 3.63) is 33.9 Å². The van der Waals surface area contributed by atoms with Crippen LogP contribution in [-0.2, 0) is 0 Å². The van der Waals surface area contributed by atoms with Gasteiger partial charge in [0.2, 0.25) is 5.43 Å². The Kier molecular flexibility index (Phi) is 4.69. The third-order valence-corrected chi connectivity index (χ3v) is 6.73. The van der Waals surface area contributed by atoms with Gasteiger partial charge in [-0.1, -0.05) is 6.42 Å². The fourth-order valence-corrected chi connectivity index (χ4v) is 5.08. The van der Waals surface area contributed by atoms with Gasteiger partial charge in [0.1, 0.15) is 11.3 Å². The van der Waals surface area contributed by atoms with Gasteiger partial charge in [0.15, 0.2) is 11.6 Å². The highest BCUT2D eigenvalue weighted by Crippen LogP contribution is 2.44. The lowest BCUT2D eigenvalue weighted by Gasteiger charge is -2.45. The van der Waals surface area contributed by atoms with E-state index in [1.165, 1.54) is 32.2 Å². The van der Waals surface area contributed by atoms with E-state index in [-0.39, 0.29) is 17.0 Å². The highest BCUT2D eigenvalue weighted by Gasteiger charge is 2.34. The molecule has 1 unspecified atom stereocenters. The van der Waals surface area contributed by atoms with E-state index >= 15 is 4.39 Å². The van der Waals surface area contributed by atoms with Crippen molar-refractivity contribution >= 4 is 22.6 Å². The molecular weight excluding hydrogens is 389 g/mol. The summed E-state index contributed by atoms with van der Waals surface area (Å²) in [5.41, 5.74) is -0.126. The Morgan fingerprint density at radius 2 is 1.97 bits per heavy atom. The molecule has 5 rings (SSSR count). The third-order valence-electron chi connectivity index (χ3n) is 6.73. The van der Waals surface area contributed by atoms with Gasteiger partial charge in [-0.15, -0.1) is 0 Å². The first-order valence-electron chi connectivity index (χ1n) is 10.7. The summed E-state index contributed by atoms with van der Waals surface area (Å²) in [7, 11) is 1.49. The first-order chi connectivity index (χ1) is 14.5. The summed E-state index contributed by atoms with van der Waals surface area (Å²) in [5.74, 6) is -1.51. The molecule has 8 heteroatoms. The number of fused-ring (bicyclic) bond motifs is 2. The molecule has 3 heterocycles. The predicted octanol–water partition coefficient (Wildman–Crippen LogP) is 2.86. The number of anilines is 1. The van der Waals surface area contributed by atoms with Gasteiger partial charge in [-0.05, 0) is 38.3 Å². The monoisotopic (exact) mass is 415 g/mol. The maximum Gasteiger partial charge on any atom is 0.341 e. The van der Waals surface area contributed by atoms with Crippen molar-refractivity contribution in [3.63, 3.8) is 0 Å². The van der Waals surface area contributed by atoms with Crippen molar-refractivity contribution in [2.75, 3.05) is 38.2 Å². The van der Waals surface area contributed by atoms with E-state index in [1.807, 2.05) is 4.90 Å². The fourth-order valence-electron chi connectivity index (χ4n) is 5.08. The number of hydrogen-bond donors (Lipinski definition) is 1. The van der Waals surface area contributed by atoms with Crippen LogP contribution in [0, 0.1) is 5.82 Å². The van der Waals surface area contributed by atoms with Gasteiger partial charge in [-0.25, -0.2) is 9.18 Å². The molecule has 2 aliphatic heterocycles. The highest BCUT2D eigenvalue weighted by molar-refractivity contribution is 5.97. The number of piperidine rings is 1. The molecule has 1 saturated carbocycles. The molecular formula is C22H26FN3O4. The Morgan fingerprint density at radius 3 is 2.67 bits per heavy atom. The number of methoxy groups -OCH3 is 1. The average Bonchev–Trinajstić information content (AvgIpc) is 3.58. The van der Waals surface area contributed by atoms with Crippen LogP contribution in [0.4, 0.5) is 10.1 Å². The Bertz CT molecular complexity index is 1080. The van der Waals surface area contributed by atoms with E-state index in [9.17, 15) is 14.7 Å². The van der Waals surface area contributed by atoms with Crippen LogP contribution in [0.15, 0.2) is 17.1 Å². The Morgan fingerprint density at radius 1 is 1.17 bits per heavy atom. The molecule has 30 heavy (non-hydrogen) atoms. The van der Waals surface area contributed by atoms with Crippen LogP contribution in [-0.4, -0.2) is 59.9 Å². The molecule has 2 aromatic rings. The molecule has 3 fully saturated rings. The van der Waals surface area contributed by atoms with E-state index in [2.05, 4.69) is 4.90 Å². The van der Waals surface area contributed by atoms with E-state index in [1.54, 1.807) is 4.57 Å². The number of aromatic carboxylic acids is 1. The minimum Gasteiger partial charge on any atom is -0.492 e. The Hall–Kier alpha value is -2.61. The van der Waals surface area contributed by atoms with Crippen molar-refractivity contribution in [2.24, 2.45) is 0 Å². The van der Waals surface area contributed by atoms with Crippen LogP contribution in [0.1, 0.15) is 48.5 Å². The molecule has 0 radical (unpaired) electrons. The van der Waals surface area contributed by atoms with Crippen molar-refractivity contribution in [1.82, 2.24) is 9.47 Å². The maximum absolute atomic E-state index is 15.4. The van der Waals surface area contributed by atoms with E-state index in [0.29, 0.717) is 29.5 Å². The molecule has 1 N–H and O–H groups in total. The molecule has 0 spiro atoms. The zero-order valence-corrected chi connectivity index (χ0v) is 17.1. The Balaban J connectivity index is 1.69. The first kappa shape index (κ1) is 19.4. The number of ether oxygens (including phenoxy) is 1. The number of piperazine rings is 1. The molecule has 1 aliphatic carbocycles. The topological polar surface area (TPSA) is 75.0 Å². The second-order valence-corrected chi connectivity index (χ2v) is 8.58. The number of aromatic nitrogens is 1. The lowest BCUT2D eigenvalue weighted by molar-refractivity contribution is 0.0695. The van der Waals surface area contributed by atoms with Gasteiger partial charge >= 0.3 is 5.97 Å². The van der Waals surface area contributed by atoms with Gasteiger partial charge in [-0.2, -0.15) is 0 Å². The van der Waals surface area contributed by atoms with Crippen molar-refractivity contribution in [3.8, 4) is 5.75 Å². The number of halogens is 1. The number of carboxylic acids is 1. The quantitative estimate of drug-likeness (QED) is 0.828. The lowest BCUT2D eigenvalue weighted by Crippen LogP contribution is -2.55. The number of nitrogens with zero attached hydrogens (tertiary/aromatic N) is 3. The number of carboxylic acid groups (broad SMARTS) is 1. The molecule has 1 aromatic carbocycles. The number of carbonyl (C=O) groups is 1. The summed E-state index contributed by atoms with van der Waals surface area (Å²) < 4.78 is 22.9. The minimum absolute atomic E-state index is 0.0659. The second-order valence-electron chi connectivity index (χ2n) is 8.58. The van der Waals surface area contributed by atoms with Crippen molar-refractivity contribution in [1.29, 1.82) is 0 Å². The predicted molar refractivity (Wildman–Crippen MR) is 111 cm³/mol. The summed E-state index contributed by atoms with van der Waals surface area (Å²) >= 11 is 0. The largest absolute Gasteiger partial charge is 0.492 e. The summed E-state index contributed by atoms with van der Waals surface area (Å²) in [6.07, 6.45) is 6.69. The maximum atomic E-state index is 15.4. The zero-order chi connectivity index (χ0) is 21.0. The molecule has 0 amide bonds. The molecule has 7 nitrogen and oxygen atoms in total. The number of rotatable bonds is 4. The van der Waals surface area contributed by atoms with E-state index < -0.39 is 17.2 Å². The molecule has 160 valence electrons. The Labute approximate surface area is 173 Å². The zero-order valence-electron chi connectivity index (χ0n) is 17.1. The van der Waals surface area contributed by atoms with Gasteiger partial charge in [0, 0.05) is 37.9 Å². The first-order valence-corrected chi connectivity index (χ1v) is 10.7. The third kappa shape index (κ3) is 3.05. The highest BCUT2D eigenvalue weighted by atomic mass is 19.1. The number of hydrogen-bond acceptors (Lipinski definition) is 5. The second kappa shape index (κ2) is 7.27. The van der Waals surface area contributed by atoms with Crippen LogP contribution >= 0.6 is 0 Å². The SMILES string of the molecule is COc1c(N2CCN3CCCCC3C2)c(F)cc2c(=O)c(C(=O)O)cn(C3CC3)c12. The van der Waals surface area contributed by atoms with Gasteiger partial charge in [0.25, 0.3) is 0 Å². The summed E-state index contributed by atoms with van der Waals surface area (Å²) in [6.45, 7) is 3.38. The van der Waals surface area contributed by atoms with E-state index in [4.69, 9.17) is 4.74 Å². The molecule has 0 bridgehead atoms. The molecule has 3 aliphatic rings. The summed E-state index contributed by atoms with van der Waals surface area (Å²) in [4.78, 5) is 28.9. The summed E-state index contributed by atoms with van der Waals surface area (Å²) in [6, 6.07) is 1.70. The standard InChI is InChI=1S/C22H26FN3O4/c1-30-21-18-15(20(27)16(22(28)29)12-26(18)13-5-6-13)10-17(23)19(21)25-9-8-24-7-3-2-4-14(24)11-25/h10,12-14H,2-9,11H2,1H3,(H,28,29). The summed E-state index contributed by atoms with van der Waals surface area (Å²) in [5, 5.41) is 9.53. The van der Waals surface area contributed by atoms with Crippen LogP contribution in [0.3, 0.4) is 0 Å².